The number of esters is 1. The van der Waals surface area contributed by atoms with E-state index in [1.54, 1.807) is 13.0 Å². The van der Waals surface area contributed by atoms with Crippen LogP contribution in [0, 0.1) is 0 Å². The standard InChI is InChI=1S/C10H14O3/c1-3-6-12-10(11)8(2)4-5-9-7-13-9/h3-4,9H,1,5-7H2,2H3. The Bertz CT molecular complexity index is 226. The molecule has 0 aromatic rings. The van der Waals surface area contributed by atoms with E-state index >= 15 is 0 Å². The molecule has 0 saturated carbocycles. The Balaban J connectivity index is 2.26. The molecule has 1 aliphatic rings. The minimum Gasteiger partial charge on any atom is -0.458 e. The van der Waals surface area contributed by atoms with Gasteiger partial charge in [0.05, 0.1) is 12.7 Å². The highest BCUT2D eigenvalue weighted by atomic mass is 16.6. The van der Waals surface area contributed by atoms with Gasteiger partial charge in [-0.2, -0.15) is 0 Å². The van der Waals surface area contributed by atoms with E-state index in [1.165, 1.54) is 0 Å². The molecule has 0 N–H and O–H groups in total. The lowest BCUT2D eigenvalue weighted by molar-refractivity contribution is -0.137. The highest BCUT2D eigenvalue weighted by Gasteiger charge is 2.20. The summed E-state index contributed by atoms with van der Waals surface area (Å²) in [6, 6.07) is 0. The summed E-state index contributed by atoms with van der Waals surface area (Å²) in [6.07, 6.45) is 4.52. The molecule has 0 bridgehead atoms. The Kier molecular flexibility index (Phi) is 3.71. The van der Waals surface area contributed by atoms with Gasteiger partial charge in [-0.3, -0.25) is 0 Å². The molecule has 72 valence electrons. The summed E-state index contributed by atoms with van der Waals surface area (Å²) < 4.78 is 9.85. The number of carbonyl (C=O) groups is 1. The van der Waals surface area contributed by atoms with Crippen LogP contribution in [0.15, 0.2) is 24.3 Å². The van der Waals surface area contributed by atoms with Crippen LogP contribution in [-0.4, -0.2) is 25.3 Å². The Labute approximate surface area is 78.0 Å². The number of carbonyl (C=O) groups excluding carboxylic acids is 1. The number of hydrogen-bond donors (Lipinski definition) is 0. The molecule has 3 nitrogen and oxygen atoms in total. The predicted molar refractivity (Wildman–Crippen MR) is 49.3 cm³/mol. The highest BCUT2D eigenvalue weighted by molar-refractivity contribution is 5.87. The van der Waals surface area contributed by atoms with E-state index in [-0.39, 0.29) is 12.6 Å². The largest absolute Gasteiger partial charge is 0.458 e. The molecule has 0 amide bonds. The molecule has 1 aliphatic heterocycles. The maximum Gasteiger partial charge on any atom is 0.333 e. The van der Waals surface area contributed by atoms with Crippen molar-refractivity contribution in [3.05, 3.63) is 24.3 Å². The van der Waals surface area contributed by atoms with Gasteiger partial charge >= 0.3 is 5.97 Å². The first-order chi connectivity index (χ1) is 6.24. The Morgan fingerprint density at radius 3 is 3.00 bits per heavy atom. The van der Waals surface area contributed by atoms with Gasteiger partial charge in [-0.25, -0.2) is 4.79 Å². The average Bonchev–Trinajstić information content (AvgIpc) is 2.93. The predicted octanol–water partition coefficient (Wildman–Crippen LogP) is 1.45. The number of hydrogen-bond acceptors (Lipinski definition) is 3. The van der Waals surface area contributed by atoms with E-state index in [0.717, 1.165) is 13.0 Å². The molecule has 0 spiro atoms. The normalized spacial score (nSPS) is 21.0. The van der Waals surface area contributed by atoms with Crippen LogP contribution >= 0.6 is 0 Å². The van der Waals surface area contributed by atoms with Crippen molar-refractivity contribution in [1.29, 1.82) is 0 Å². The quantitative estimate of drug-likeness (QED) is 0.279. The average molecular weight is 182 g/mol. The van der Waals surface area contributed by atoms with Gasteiger partial charge in [0.2, 0.25) is 0 Å². The van der Waals surface area contributed by atoms with Crippen LogP contribution in [-0.2, 0) is 14.3 Å². The number of rotatable bonds is 5. The van der Waals surface area contributed by atoms with Gasteiger partial charge in [0.25, 0.3) is 0 Å². The topological polar surface area (TPSA) is 38.8 Å². The van der Waals surface area contributed by atoms with E-state index in [0.29, 0.717) is 11.7 Å². The summed E-state index contributed by atoms with van der Waals surface area (Å²) in [4.78, 5) is 11.2. The third kappa shape index (κ3) is 3.90. The minimum atomic E-state index is -0.277. The van der Waals surface area contributed by atoms with Gasteiger partial charge in [-0.1, -0.05) is 18.7 Å². The maximum atomic E-state index is 11.2. The lowest BCUT2D eigenvalue weighted by Crippen LogP contribution is -2.05. The fourth-order valence-corrected chi connectivity index (χ4v) is 0.844. The zero-order valence-corrected chi connectivity index (χ0v) is 7.79. The molecule has 1 atom stereocenters. The maximum absolute atomic E-state index is 11.2. The molecule has 1 unspecified atom stereocenters. The summed E-state index contributed by atoms with van der Waals surface area (Å²) >= 11 is 0. The van der Waals surface area contributed by atoms with Gasteiger partial charge in [0, 0.05) is 5.57 Å². The van der Waals surface area contributed by atoms with Crippen LogP contribution in [0.1, 0.15) is 13.3 Å². The first-order valence-electron chi connectivity index (χ1n) is 4.30. The second-order valence-corrected chi connectivity index (χ2v) is 2.97. The van der Waals surface area contributed by atoms with E-state index in [4.69, 9.17) is 9.47 Å². The molecule has 0 aromatic carbocycles. The molecular formula is C10H14O3. The third-order valence-electron chi connectivity index (χ3n) is 1.74. The monoisotopic (exact) mass is 182 g/mol. The first kappa shape index (κ1) is 9.99. The van der Waals surface area contributed by atoms with Gasteiger partial charge < -0.3 is 9.47 Å². The van der Waals surface area contributed by atoms with Crippen LogP contribution < -0.4 is 0 Å². The van der Waals surface area contributed by atoms with Crippen LogP contribution in [0.25, 0.3) is 0 Å². The van der Waals surface area contributed by atoms with Crippen molar-refractivity contribution in [2.75, 3.05) is 13.2 Å². The van der Waals surface area contributed by atoms with E-state index < -0.39 is 0 Å². The van der Waals surface area contributed by atoms with Crippen molar-refractivity contribution >= 4 is 5.97 Å². The fourth-order valence-electron chi connectivity index (χ4n) is 0.844. The lowest BCUT2D eigenvalue weighted by atomic mass is 10.2. The third-order valence-corrected chi connectivity index (χ3v) is 1.74. The first-order valence-corrected chi connectivity index (χ1v) is 4.30. The van der Waals surface area contributed by atoms with Crippen molar-refractivity contribution in [2.45, 2.75) is 19.4 Å². The fraction of sp³-hybridized carbons (Fsp3) is 0.500. The van der Waals surface area contributed by atoms with Crippen LogP contribution in [0.5, 0.6) is 0 Å². The Morgan fingerprint density at radius 2 is 2.46 bits per heavy atom. The zero-order valence-electron chi connectivity index (χ0n) is 7.79. The van der Waals surface area contributed by atoms with Gasteiger partial charge in [-0.15, -0.1) is 0 Å². The van der Waals surface area contributed by atoms with Crippen LogP contribution in [0.3, 0.4) is 0 Å². The highest BCUT2D eigenvalue weighted by Crippen LogP contribution is 2.15. The smallest absolute Gasteiger partial charge is 0.333 e. The molecule has 1 rings (SSSR count). The summed E-state index contributed by atoms with van der Waals surface area (Å²) in [5, 5.41) is 0. The SMILES string of the molecule is C=CCOC(=O)C(C)=CCC1CO1. The molecule has 0 aliphatic carbocycles. The van der Waals surface area contributed by atoms with Crippen molar-refractivity contribution in [3.63, 3.8) is 0 Å². The lowest BCUT2D eigenvalue weighted by Gasteiger charge is -2.00. The van der Waals surface area contributed by atoms with Crippen molar-refractivity contribution in [1.82, 2.24) is 0 Å². The van der Waals surface area contributed by atoms with Gasteiger partial charge in [0.15, 0.2) is 0 Å². The van der Waals surface area contributed by atoms with Crippen molar-refractivity contribution in [2.24, 2.45) is 0 Å². The van der Waals surface area contributed by atoms with E-state index in [1.807, 2.05) is 6.08 Å². The van der Waals surface area contributed by atoms with Crippen LogP contribution in [0.2, 0.25) is 0 Å². The molecular weight excluding hydrogens is 168 g/mol. The van der Waals surface area contributed by atoms with Gasteiger partial charge in [-0.05, 0) is 13.3 Å². The summed E-state index contributed by atoms with van der Waals surface area (Å²) in [5.41, 5.74) is 0.636. The summed E-state index contributed by atoms with van der Waals surface area (Å²) in [5.74, 6) is -0.277. The van der Waals surface area contributed by atoms with Gasteiger partial charge in [0.1, 0.15) is 6.61 Å². The molecule has 0 radical (unpaired) electrons. The molecule has 1 heterocycles. The molecule has 0 aromatic heterocycles. The van der Waals surface area contributed by atoms with E-state index in [2.05, 4.69) is 6.58 Å². The Morgan fingerprint density at radius 1 is 1.77 bits per heavy atom. The second kappa shape index (κ2) is 4.82. The number of ether oxygens (including phenoxy) is 2. The molecule has 3 heteroatoms. The summed E-state index contributed by atoms with van der Waals surface area (Å²) in [7, 11) is 0. The number of epoxide rings is 1. The van der Waals surface area contributed by atoms with E-state index in [9.17, 15) is 4.79 Å². The van der Waals surface area contributed by atoms with Crippen molar-refractivity contribution < 1.29 is 14.3 Å². The molecule has 1 saturated heterocycles. The molecule has 13 heavy (non-hydrogen) atoms. The summed E-state index contributed by atoms with van der Waals surface area (Å²) in [6.45, 7) is 6.28. The van der Waals surface area contributed by atoms with Crippen molar-refractivity contribution in [3.8, 4) is 0 Å². The van der Waals surface area contributed by atoms with Crippen LogP contribution in [0.4, 0.5) is 0 Å². The Hall–Kier alpha value is -1.09. The zero-order chi connectivity index (χ0) is 9.68. The molecule has 1 fully saturated rings. The minimum absolute atomic E-state index is 0.268. The second-order valence-electron chi connectivity index (χ2n) is 2.97.